The maximum absolute atomic E-state index is 14.6. The van der Waals surface area contributed by atoms with Gasteiger partial charge in [-0.1, -0.05) is 36.4 Å². The lowest BCUT2D eigenvalue weighted by Crippen LogP contribution is -2.55. The van der Waals surface area contributed by atoms with Crippen molar-refractivity contribution >= 4 is 112 Å². The van der Waals surface area contributed by atoms with Crippen LogP contribution in [0.5, 0.6) is 23.0 Å². The Morgan fingerprint density at radius 3 is 1.89 bits per heavy atom. The molecule has 4 aromatic rings. The third kappa shape index (κ3) is 31.6. The van der Waals surface area contributed by atoms with Gasteiger partial charge in [-0.3, -0.25) is 63.0 Å². The number of nitrogens with zero attached hydrogens (tertiary/aromatic N) is 4. The zero-order chi connectivity index (χ0) is 96.9. The first-order chi connectivity index (χ1) is 65.1. The second-order valence-corrected chi connectivity index (χ2v) is 33.3. The van der Waals surface area contributed by atoms with Crippen LogP contribution in [0, 0.1) is 5.92 Å². The Hall–Kier alpha value is -11.8. The molecule has 7 heterocycles. The number of carbonyl (C=O) groups excluding carboxylic acids is 12. The topological polar surface area (TPSA) is 533 Å². The summed E-state index contributed by atoms with van der Waals surface area (Å²) in [6.45, 7) is 10.8. The Bertz CT molecular complexity index is 4770. The second kappa shape index (κ2) is 53.5. The Kier molecular flexibility index (Phi) is 41.7. The van der Waals surface area contributed by atoms with Crippen LogP contribution in [-0.2, 0) is 103 Å². The number of nitrogens with one attached hydrogen (secondary N) is 9. The summed E-state index contributed by atoms with van der Waals surface area (Å²) in [5.74, 6) is -7.87. The van der Waals surface area contributed by atoms with Crippen molar-refractivity contribution in [1.82, 2.24) is 47.0 Å². The second-order valence-electron chi connectivity index (χ2n) is 32.6. The summed E-state index contributed by atoms with van der Waals surface area (Å²) in [5, 5.41) is 57.2. The highest BCUT2D eigenvalue weighted by molar-refractivity contribution is 7.94. The van der Waals surface area contributed by atoms with E-state index in [1.54, 1.807) is 48.4 Å². The molecule has 0 radical (unpaired) electrons. The number of hydrogen-bond acceptors (Lipinski definition) is 31. The molecule has 8 bridgehead atoms. The fraction of sp³-hybridized carbons (Fsp3) is 0.549. The van der Waals surface area contributed by atoms with Crippen LogP contribution in [0.15, 0.2) is 97.1 Å². The monoisotopic (exact) mass is 1910 g/mol. The van der Waals surface area contributed by atoms with Crippen LogP contribution in [0.1, 0.15) is 123 Å². The van der Waals surface area contributed by atoms with Crippen molar-refractivity contribution in [1.29, 1.82) is 0 Å². The highest BCUT2D eigenvalue weighted by Crippen LogP contribution is 2.46. The summed E-state index contributed by atoms with van der Waals surface area (Å²) >= 11 is 0.972. The van der Waals surface area contributed by atoms with Gasteiger partial charge in [0.05, 0.1) is 146 Å². The number of aliphatic carboxylic acids is 1. The minimum Gasteiger partial charge on any atom is -0.493 e. The Labute approximate surface area is 785 Å². The molecule has 0 aromatic heterocycles. The number of methoxy groups -OCH3 is 3. The van der Waals surface area contributed by atoms with E-state index >= 15 is 0 Å². The molecule has 7 aliphatic heterocycles. The number of amides is 12. The van der Waals surface area contributed by atoms with Crippen LogP contribution >= 0.6 is 12.0 Å². The molecule has 8 aliphatic rings. The van der Waals surface area contributed by atoms with E-state index < -0.39 is 113 Å². The average molecular weight is 1910 g/mol. The Morgan fingerprint density at radius 1 is 0.644 bits per heavy atom. The van der Waals surface area contributed by atoms with E-state index in [0.29, 0.717) is 61.2 Å². The lowest BCUT2D eigenvalue weighted by Gasteiger charge is -2.31. The number of anilines is 4. The third-order valence-electron chi connectivity index (χ3n) is 22.6. The molecular weight excluding hydrogens is 1790 g/mol. The van der Waals surface area contributed by atoms with Crippen LogP contribution in [0.2, 0.25) is 0 Å². The average Bonchev–Trinajstić information content (AvgIpc) is 1.57. The van der Waals surface area contributed by atoms with Gasteiger partial charge in [0.1, 0.15) is 49.6 Å². The maximum Gasteiger partial charge on any atom is 0.416 e. The highest BCUT2D eigenvalue weighted by atomic mass is 32.2. The van der Waals surface area contributed by atoms with Gasteiger partial charge in [-0.25, -0.2) is 14.5 Å². The molecule has 4 aromatic carbocycles. The minimum atomic E-state index is -1.96. The number of aliphatic hydroxyl groups is 2. The van der Waals surface area contributed by atoms with Crippen LogP contribution in [0.25, 0.3) is 0 Å². The number of carbonyl (C=O) groups is 13. The number of unbranched alkanes of at least 4 members (excludes halogenated alkanes) is 1. The van der Waals surface area contributed by atoms with Crippen molar-refractivity contribution in [2.45, 2.75) is 159 Å². The van der Waals surface area contributed by atoms with Crippen molar-refractivity contribution in [3.05, 3.63) is 119 Å². The van der Waals surface area contributed by atoms with E-state index in [-0.39, 0.29) is 258 Å². The molecule has 1 spiro atoms. The summed E-state index contributed by atoms with van der Waals surface area (Å²) in [6, 6.07) is 13.7. The van der Waals surface area contributed by atoms with Gasteiger partial charge in [0.15, 0.2) is 29.2 Å². The van der Waals surface area contributed by atoms with Gasteiger partial charge in [-0.15, -0.1) is 0 Å². The lowest BCUT2D eigenvalue weighted by atomic mass is 10.1. The SMILES string of the molecule is C=C1C[C@H]2C(O)N3C(=O)OCc4ccc(cc4)NC(=O)[C@H](C)NC(=O)[C@H](C)NC(O)CCOCCOCCOCCNC(=O)C=CC(=O)NCCOCSOCCOCCC(=O)N[C@@H](CCCCNC(=O)COC(C)CCOC)C(=O)NC4(C[C@@H]4C(=O)O)C(=O)Nc4ccc(cc4)COC(=O)N4C[C@@H]5CCCN5C(=O)c5cc(OC)c(cc54)OCCCOc4cc3c(cc4OC)C(=O)N2C1. The molecule has 2 saturated heterocycles. The molecule has 44 heteroatoms. The first-order valence-electron chi connectivity index (χ1n) is 44.8. The number of fused-ring (bicyclic) bond motifs is 4. The minimum absolute atomic E-state index is 0.0114. The van der Waals surface area contributed by atoms with E-state index in [1.807, 2.05) is 6.92 Å². The molecule has 12 rings (SSSR count). The fourth-order valence-electron chi connectivity index (χ4n) is 15.1. The van der Waals surface area contributed by atoms with Crippen LogP contribution < -0.4 is 76.6 Å². The summed E-state index contributed by atoms with van der Waals surface area (Å²) in [6.07, 6.45) is -0.269. The number of carboxylic acids is 1. The van der Waals surface area contributed by atoms with Crippen LogP contribution in [0.4, 0.5) is 32.3 Å². The largest absolute Gasteiger partial charge is 0.493 e. The Balaban J connectivity index is 0.786. The van der Waals surface area contributed by atoms with Gasteiger partial charge in [-0.2, -0.15) is 0 Å². The molecule has 10 atom stereocenters. The normalized spacial score (nSPS) is 24.2. The smallest absolute Gasteiger partial charge is 0.416 e. The van der Waals surface area contributed by atoms with E-state index in [0.717, 1.165) is 29.1 Å². The molecule has 12 N–H and O–H groups in total. The maximum atomic E-state index is 14.6. The van der Waals surface area contributed by atoms with Crippen LogP contribution in [-0.4, -0.2) is 316 Å². The zero-order valence-corrected chi connectivity index (χ0v) is 77.4. The molecule has 738 valence electrons. The molecule has 43 nitrogen and oxygen atoms in total. The first kappa shape index (κ1) is 105. The van der Waals surface area contributed by atoms with E-state index in [1.165, 1.54) is 74.3 Å². The number of carboxylic acid groups (broad SMARTS) is 1. The van der Waals surface area contributed by atoms with Gasteiger partial charge in [0.25, 0.3) is 17.7 Å². The summed E-state index contributed by atoms with van der Waals surface area (Å²) < 4.78 is 79.8. The van der Waals surface area contributed by atoms with Crippen molar-refractivity contribution in [3.8, 4) is 23.0 Å². The number of ether oxygens (including phenoxy) is 13. The number of benzene rings is 4. The predicted octanol–water partition coefficient (Wildman–Crippen LogP) is 3.70. The standard InChI is InChI=1S/C91H123N13O30S/c1-56-44-71-86(115)104-70-48-75(73(123-7)46-66(70)85(114)102(71)50-56)130-32-11-31-129-74-47-69-65(45-72(74)122-6)84(113)101-30-10-12-64(101)51-103(69)89(119)132-52-60-16-20-63(21-17-60)98-88(118)91(49-67(91)87(116)117)100-83(112)68(13-8-9-27-92-80(109)54-131-57(2)24-33-121-5)99-79(108)26-35-125-42-43-134-135-55-128-37-29-94-77(106)23-22-76(105)93-28-36-126-39-41-127-40-38-124-34-25-78(107)95-58(3)81(110)96-59(4)82(111)97-62-18-14-61(15-19-62)53-133-90(104)120/h14-23,45-48,57-59,64,67-68,71,78,86,95,107,115H,1,8-13,24-44,49-55H2,2-7H3,(H,92,109)(H,93,105)(H,94,106)(H,96,110)(H,97,111)(H,98,118)(H,99,108)(H,100,112)(H,116,117)/t57?,58-,59-,64-,67+,68-,71-,78?,86?,91?/m0/s1. The van der Waals surface area contributed by atoms with Gasteiger partial charge < -0.3 is 133 Å². The molecule has 12 amide bonds. The highest BCUT2D eigenvalue weighted by Gasteiger charge is 2.65. The molecule has 1 aliphatic carbocycles. The molecular formula is C91H123N13O30S. The van der Waals surface area contributed by atoms with Crippen molar-refractivity contribution in [2.24, 2.45) is 5.92 Å². The number of aliphatic hydroxyl groups excluding tert-OH is 2. The van der Waals surface area contributed by atoms with E-state index in [4.69, 9.17) is 65.8 Å². The van der Waals surface area contributed by atoms with Crippen molar-refractivity contribution in [3.63, 3.8) is 0 Å². The van der Waals surface area contributed by atoms with Gasteiger partial charge in [0, 0.05) is 120 Å². The lowest BCUT2D eigenvalue weighted by molar-refractivity contribution is -0.141. The quantitative estimate of drug-likeness (QED) is 0.0486. The zero-order valence-electron chi connectivity index (χ0n) is 76.6. The predicted molar refractivity (Wildman–Crippen MR) is 486 cm³/mol. The molecule has 4 unspecified atom stereocenters. The number of hydrogen-bond donors (Lipinski definition) is 12. The molecule has 1 saturated carbocycles. The van der Waals surface area contributed by atoms with E-state index in [2.05, 4.69) is 54.4 Å². The third-order valence-corrected chi connectivity index (χ3v) is 23.2. The van der Waals surface area contributed by atoms with Crippen LogP contribution in [0.3, 0.4) is 0 Å². The Morgan fingerprint density at radius 2 is 1.24 bits per heavy atom. The van der Waals surface area contributed by atoms with Gasteiger partial charge >= 0.3 is 18.2 Å². The van der Waals surface area contributed by atoms with Gasteiger partial charge in [-0.05, 0) is 120 Å². The summed E-state index contributed by atoms with van der Waals surface area (Å²) in [7, 11) is 4.33. The summed E-state index contributed by atoms with van der Waals surface area (Å²) in [4.78, 5) is 182. The number of rotatable bonds is 14. The van der Waals surface area contributed by atoms with Crippen molar-refractivity contribution in [2.75, 3.05) is 179 Å². The fourth-order valence-corrected chi connectivity index (χ4v) is 15.6. The molecule has 135 heavy (non-hydrogen) atoms. The summed E-state index contributed by atoms with van der Waals surface area (Å²) in [5.41, 5.74) is 0.380. The molecule has 3 fully saturated rings. The van der Waals surface area contributed by atoms with Gasteiger partial charge in [0.2, 0.25) is 41.4 Å². The van der Waals surface area contributed by atoms with E-state index in [9.17, 15) is 77.6 Å². The first-order valence-corrected chi connectivity index (χ1v) is 45.7. The van der Waals surface area contributed by atoms with Crippen molar-refractivity contribution < 1.29 is 143 Å².